The second-order valence-corrected chi connectivity index (χ2v) is 3.02. The normalized spacial score (nSPS) is 52.2. The molecule has 0 aromatic carbocycles. The van der Waals surface area contributed by atoms with E-state index in [4.69, 9.17) is 26.2 Å². The quantitative estimate of drug-likeness (QED) is 0.235. The summed E-state index contributed by atoms with van der Waals surface area (Å²) in [4.78, 5) is 0. The number of aliphatic hydroxyl groups is 5. The van der Waals surface area contributed by atoms with Crippen molar-refractivity contribution in [3.05, 3.63) is 0 Å². The molecule has 0 spiro atoms. The van der Waals surface area contributed by atoms with E-state index in [0.29, 0.717) is 0 Å². The Morgan fingerprint density at radius 1 is 1.23 bits per heavy atom. The van der Waals surface area contributed by atoms with Crippen LogP contribution in [0.1, 0.15) is 0 Å². The Morgan fingerprint density at radius 3 is 2.23 bits per heavy atom. The maximum absolute atomic E-state index is 9.18. The van der Waals surface area contributed by atoms with Crippen molar-refractivity contribution in [2.45, 2.75) is 30.3 Å². The number of nitrogens with two attached hydrogens (primary N) is 1. The van der Waals surface area contributed by atoms with Crippen LogP contribution >= 0.6 is 0 Å². The second kappa shape index (κ2) is 3.46. The van der Waals surface area contributed by atoms with Crippen LogP contribution in [0.4, 0.5) is 0 Å². The van der Waals surface area contributed by atoms with Crippen molar-refractivity contribution < 1.29 is 30.3 Å². The van der Waals surface area contributed by atoms with Crippen molar-refractivity contribution in [2.75, 3.05) is 6.61 Å². The third kappa shape index (κ3) is 1.81. The molecule has 0 aromatic rings. The van der Waals surface area contributed by atoms with Gasteiger partial charge < -0.3 is 30.3 Å². The highest BCUT2D eigenvalue weighted by Crippen LogP contribution is 2.23. The Hall–Kier alpha value is -0.280. The maximum Gasteiger partial charge on any atom is 0.252 e. The Kier molecular flexibility index (Phi) is 2.88. The van der Waals surface area contributed by atoms with Crippen LogP contribution in [-0.2, 0) is 4.74 Å². The van der Waals surface area contributed by atoms with Crippen molar-refractivity contribution >= 4 is 0 Å². The minimum atomic E-state index is -2.45. The third-order valence-corrected chi connectivity index (χ3v) is 2.00. The van der Waals surface area contributed by atoms with Crippen LogP contribution in [-0.4, -0.2) is 62.5 Å². The van der Waals surface area contributed by atoms with Crippen LogP contribution in [0, 0.1) is 0 Å². The molecule has 1 aliphatic rings. The van der Waals surface area contributed by atoms with Crippen LogP contribution in [0.5, 0.6) is 0 Å². The molecule has 0 aromatic heterocycles. The molecule has 0 radical (unpaired) electrons. The average Bonchev–Trinajstić information content (AvgIpc) is 2.08. The first kappa shape index (κ1) is 10.8. The summed E-state index contributed by atoms with van der Waals surface area (Å²) in [7, 11) is 0. The highest BCUT2D eigenvalue weighted by Gasteiger charge is 2.50. The molecule has 7 nitrogen and oxygen atoms in total. The molecule has 1 unspecified atom stereocenters. The lowest BCUT2D eigenvalue weighted by atomic mass is 9.97. The SMILES string of the molecule is NC1(O)O[C@@H](CO)[C@H](O)[C@@H](O)[C@@H]1O. The fraction of sp³-hybridized carbons (Fsp3) is 1.00. The van der Waals surface area contributed by atoms with Gasteiger partial charge in [-0.1, -0.05) is 0 Å². The summed E-state index contributed by atoms with van der Waals surface area (Å²) < 4.78 is 4.54. The number of hydrogen-bond acceptors (Lipinski definition) is 7. The van der Waals surface area contributed by atoms with Gasteiger partial charge in [0.2, 0.25) is 0 Å². The number of rotatable bonds is 1. The molecule has 7 N–H and O–H groups in total. The molecule has 1 heterocycles. The minimum absolute atomic E-state index is 0.621. The van der Waals surface area contributed by atoms with Gasteiger partial charge in [-0.05, 0) is 0 Å². The standard InChI is InChI=1S/C6H13NO6/c7-6(12)5(11)4(10)3(9)2(1-8)13-6/h2-5,8-12H,1,7H2/t2-,3-,4+,5-,6?/m0/s1. The fourth-order valence-electron chi connectivity index (χ4n) is 1.18. The molecule has 0 saturated carbocycles. The van der Waals surface area contributed by atoms with Gasteiger partial charge in [-0.15, -0.1) is 0 Å². The zero-order chi connectivity index (χ0) is 10.2. The molecule has 0 aliphatic carbocycles. The topological polar surface area (TPSA) is 136 Å². The first-order valence-electron chi connectivity index (χ1n) is 3.74. The predicted octanol–water partition coefficient (Wildman–Crippen LogP) is -3.94. The summed E-state index contributed by atoms with van der Waals surface area (Å²) in [6.07, 6.45) is -6.16. The summed E-state index contributed by atoms with van der Waals surface area (Å²) in [6.45, 7) is -0.621. The lowest BCUT2D eigenvalue weighted by molar-refractivity contribution is -0.346. The summed E-state index contributed by atoms with van der Waals surface area (Å²) in [5, 5.41) is 45.2. The van der Waals surface area contributed by atoms with Gasteiger partial charge in [0, 0.05) is 0 Å². The van der Waals surface area contributed by atoms with Crippen LogP contribution in [0.15, 0.2) is 0 Å². The molecule has 78 valence electrons. The molecule has 5 atom stereocenters. The van der Waals surface area contributed by atoms with Gasteiger partial charge in [-0.3, -0.25) is 5.73 Å². The molecule has 1 aliphatic heterocycles. The molecule has 1 rings (SSSR count). The molecule has 1 saturated heterocycles. The largest absolute Gasteiger partial charge is 0.394 e. The molecule has 7 heteroatoms. The number of aliphatic hydroxyl groups excluding tert-OH is 4. The van der Waals surface area contributed by atoms with E-state index >= 15 is 0 Å². The van der Waals surface area contributed by atoms with E-state index in [1.165, 1.54) is 0 Å². The maximum atomic E-state index is 9.18. The summed E-state index contributed by atoms with van der Waals surface area (Å²) in [6, 6.07) is 0. The highest BCUT2D eigenvalue weighted by atomic mass is 16.7. The third-order valence-electron chi connectivity index (χ3n) is 2.00. The smallest absolute Gasteiger partial charge is 0.252 e. The van der Waals surface area contributed by atoms with E-state index in [0.717, 1.165) is 0 Å². The predicted molar refractivity (Wildman–Crippen MR) is 39.1 cm³/mol. The second-order valence-electron chi connectivity index (χ2n) is 3.02. The zero-order valence-corrected chi connectivity index (χ0v) is 6.74. The van der Waals surface area contributed by atoms with Gasteiger partial charge in [-0.2, -0.15) is 0 Å². The first-order valence-corrected chi connectivity index (χ1v) is 3.74. The Bertz CT molecular complexity index is 184. The van der Waals surface area contributed by atoms with E-state index in [9.17, 15) is 5.11 Å². The summed E-state index contributed by atoms with van der Waals surface area (Å²) >= 11 is 0. The van der Waals surface area contributed by atoms with E-state index in [-0.39, 0.29) is 0 Å². The number of ether oxygens (including phenoxy) is 1. The van der Waals surface area contributed by atoms with Crippen molar-refractivity contribution in [1.29, 1.82) is 0 Å². The van der Waals surface area contributed by atoms with Crippen molar-refractivity contribution in [1.82, 2.24) is 0 Å². The van der Waals surface area contributed by atoms with Crippen LogP contribution in [0.3, 0.4) is 0 Å². The fourth-order valence-corrected chi connectivity index (χ4v) is 1.18. The summed E-state index contributed by atoms with van der Waals surface area (Å²) in [5.74, 6) is -2.45. The highest BCUT2D eigenvalue weighted by molar-refractivity contribution is 4.92. The van der Waals surface area contributed by atoms with Crippen molar-refractivity contribution in [2.24, 2.45) is 5.73 Å². The van der Waals surface area contributed by atoms with Gasteiger partial charge >= 0.3 is 0 Å². The van der Waals surface area contributed by atoms with Gasteiger partial charge in [0.25, 0.3) is 5.91 Å². The van der Waals surface area contributed by atoms with Crippen molar-refractivity contribution in [3.8, 4) is 0 Å². The van der Waals surface area contributed by atoms with E-state index in [2.05, 4.69) is 4.74 Å². The summed E-state index contributed by atoms with van der Waals surface area (Å²) in [5.41, 5.74) is 5.04. The van der Waals surface area contributed by atoms with E-state index in [1.54, 1.807) is 0 Å². The molecule has 0 amide bonds. The van der Waals surface area contributed by atoms with E-state index in [1.807, 2.05) is 0 Å². The van der Waals surface area contributed by atoms with Crippen molar-refractivity contribution in [3.63, 3.8) is 0 Å². The van der Waals surface area contributed by atoms with Gasteiger partial charge in [0.1, 0.15) is 18.3 Å². The lowest BCUT2D eigenvalue weighted by Crippen LogP contribution is -2.69. The first-order chi connectivity index (χ1) is 5.90. The number of hydrogen-bond donors (Lipinski definition) is 6. The van der Waals surface area contributed by atoms with Gasteiger partial charge in [0.15, 0.2) is 6.10 Å². The Labute approximate surface area is 74.0 Å². The molecular weight excluding hydrogens is 182 g/mol. The van der Waals surface area contributed by atoms with Gasteiger partial charge in [-0.25, -0.2) is 0 Å². The Balaban J connectivity index is 2.79. The average molecular weight is 195 g/mol. The molecule has 13 heavy (non-hydrogen) atoms. The lowest BCUT2D eigenvalue weighted by Gasteiger charge is -2.42. The van der Waals surface area contributed by atoms with Crippen LogP contribution in [0.25, 0.3) is 0 Å². The molecule has 0 bridgehead atoms. The monoisotopic (exact) mass is 195 g/mol. The molecular formula is C6H13NO6. The molecule has 1 fully saturated rings. The van der Waals surface area contributed by atoms with Crippen LogP contribution < -0.4 is 5.73 Å². The van der Waals surface area contributed by atoms with Gasteiger partial charge in [0.05, 0.1) is 6.61 Å². The van der Waals surface area contributed by atoms with E-state index < -0.39 is 36.9 Å². The zero-order valence-electron chi connectivity index (χ0n) is 6.74. The minimum Gasteiger partial charge on any atom is -0.394 e. The van der Waals surface area contributed by atoms with Crippen LogP contribution in [0.2, 0.25) is 0 Å². The Morgan fingerprint density at radius 2 is 1.77 bits per heavy atom.